The zero-order chi connectivity index (χ0) is 17.2. The largest absolute Gasteiger partial charge is 0.381 e. The normalized spacial score (nSPS) is 15.4. The van der Waals surface area contributed by atoms with Crippen LogP contribution in [0.2, 0.25) is 0 Å². The first-order chi connectivity index (χ1) is 12.2. The smallest absolute Gasteiger partial charge is 0.228 e. The number of nitrogens with one attached hydrogen (secondary N) is 1. The standard InChI is InChI=1S/C20H21N3O2/c1-14-7-8-17-21-18(15-5-3-2-4-6-15)19(23(17)13-14)22-20(24)16-9-11-25-12-10-16/h2-8,13,16H,9-12H2,1H3,(H,22,24). The number of benzene rings is 1. The molecule has 5 heteroatoms. The molecule has 3 heterocycles. The van der Waals surface area contributed by atoms with Crippen molar-refractivity contribution in [3.8, 4) is 11.3 Å². The van der Waals surface area contributed by atoms with Gasteiger partial charge in [0.25, 0.3) is 0 Å². The van der Waals surface area contributed by atoms with E-state index in [1.54, 1.807) is 0 Å². The van der Waals surface area contributed by atoms with E-state index < -0.39 is 0 Å². The summed E-state index contributed by atoms with van der Waals surface area (Å²) in [6.45, 7) is 3.33. The number of aryl methyl sites for hydroxylation is 1. The lowest BCUT2D eigenvalue weighted by molar-refractivity contribution is -0.122. The summed E-state index contributed by atoms with van der Waals surface area (Å²) in [4.78, 5) is 17.5. The Morgan fingerprint density at radius 2 is 1.92 bits per heavy atom. The molecular formula is C20H21N3O2. The lowest BCUT2D eigenvalue weighted by atomic mass is 9.99. The molecule has 2 aromatic heterocycles. The zero-order valence-electron chi connectivity index (χ0n) is 14.2. The van der Waals surface area contributed by atoms with Crippen LogP contribution in [0.5, 0.6) is 0 Å². The van der Waals surface area contributed by atoms with Crippen molar-refractivity contribution in [2.24, 2.45) is 5.92 Å². The molecule has 1 aliphatic rings. The van der Waals surface area contributed by atoms with E-state index in [4.69, 9.17) is 9.72 Å². The van der Waals surface area contributed by atoms with Gasteiger partial charge in [-0.05, 0) is 31.4 Å². The van der Waals surface area contributed by atoms with Gasteiger partial charge < -0.3 is 10.1 Å². The van der Waals surface area contributed by atoms with Crippen LogP contribution in [0.15, 0.2) is 48.7 Å². The fourth-order valence-corrected chi connectivity index (χ4v) is 3.25. The second kappa shape index (κ2) is 6.69. The van der Waals surface area contributed by atoms with E-state index in [1.165, 1.54) is 0 Å². The average Bonchev–Trinajstić information content (AvgIpc) is 3.01. The number of fused-ring (bicyclic) bond motifs is 1. The molecule has 0 bridgehead atoms. The fourth-order valence-electron chi connectivity index (χ4n) is 3.25. The van der Waals surface area contributed by atoms with Gasteiger partial charge >= 0.3 is 0 Å². The summed E-state index contributed by atoms with van der Waals surface area (Å²) in [6.07, 6.45) is 3.54. The molecule has 0 radical (unpaired) electrons. The molecule has 0 atom stereocenters. The highest BCUT2D eigenvalue weighted by molar-refractivity contribution is 5.96. The third-order valence-corrected chi connectivity index (χ3v) is 4.65. The van der Waals surface area contributed by atoms with Gasteiger partial charge in [0.15, 0.2) is 0 Å². The van der Waals surface area contributed by atoms with E-state index in [2.05, 4.69) is 5.32 Å². The molecule has 1 fully saturated rings. The second-order valence-electron chi connectivity index (χ2n) is 6.49. The maximum atomic E-state index is 12.8. The Balaban J connectivity index is 1.77. The van der Waals surface area contributed by atoms with Gasteiger partial charge in [0.1, 0.15) is 17.2 Å². The van der Waals surface area contributed by atoms with Crippen LogP contribution < -0.4 is 5.32 Å². The van der Waals surface area contributed by atoms with Gasteiger partial charge in [0, 0.05) is 30.9 Å². The molecule has 0 saturated carbocycles. The summed E-state index contributed by atoms with van der Waals surface area (Å²) >= 11 is 0. The van der Waals surface area contributed by atoms with Crippen molar-refractivity contribution in [1.29, 1.82) is 0 Å². The minimum Gasteiger partial charge on any atom is -0.381 e. The van der Waals surface area contributed by atoms with Gasteiger partial charge in [-0.25, -0.2) is 4.98 Å². The zero-order valence-corrected chi connectivity index (χ0v) is 14.2. The van der Waals surface area contributed by atoms with Crippen molar-refractivity contribution in [2.45, 2.75) is 19.8 Å². The molecule has 5 nitrogen and oxygen atoms in total. The highest BCUT2D eigenvalue weighted by Crippen LogP contribution is 2.30. The van der Waals surface area contributed by atoms with Crippen LogP contribution >= 0.6 is 0 Å². The van der Waals surface area contributed by atoms with Crippen molar-refractivity contribution in [1.82, 2.24) is 9.38 Å². The molecule has 0 aliphatic carbocycles. The van der Waals surface area contributed by atoms with E-state index in [0.29, 0.717) is 13.2 Å². The molecule has 1 saturated heterocycles. The van der Waals surface area contributed by atoms with E-state index in [9.17, 15) is 4.79 Å². The Bertz CT molecular complexity index is 896. The lowest BCUT2D eigenvalue weighted by Crippen LogP contribution is -2.29. The molecule has 25 heavy (non-hydrogen) atoms. The van der Waals surface area contributed by atoms with E-state index >= 15 is 0 Å². The number of ether oxygens (including phenoxy) is 1. The Morgan fingerprint density at radius 1 is 1.16 bits per heavy atom. The van der Waals surface area contributed by atoms with Crippen molar-refractivity contribution < 1.29 is 9.53 Å². The first-order valence-electron chi connectivity index (χ1n) is 8.65. The molecule has 1 amide bonds. The highest BCUT2D eigenvalue weighted by atomic mass is 16.5. The van der Waals surface area contributed by atoms with Gasteiger partial charge in [0.2, 0.25) is 5.91 Å². The number of anilines is 1. The van der Waals surface area contributed by atoms with Gasteiger partial charge in [0.05, 0.1) is 0 Å². The van der Waals surface area contributed by atoms with Gasteiger partial charge in [-0.2, -0.15) is 0 Å². The summed E-state index contributed by atoms with van der Waals surface area (Å²) < 4.78 is 7.33. The third-order valence-electron chi connectivity index (χ3n) is 4.65. The molecule has 0 spiro atoms. The van der Waals surface area contributed by atoms with Crippen molar-refractivity contribution in [3.63, 3.8) is 0 Å². The van der Waals surface area contributed by atoms with Crippen LogP contribution in [0.1, 0.15) is 18.4 Å². The van der Waals surface area contributed by atoms with E-state index in [1.807, 2.05) is 60.0 Å². The topological polar surface area (TPSA) is 55.6 Å². The Morgan fingerprint density at radius 3 is 2.68 bits per heavy atom. The predicted octanol–water partition coefficient (Wildman–Crippen LogP) is 3.67. The predicted molar refractivity (Wildman–Crippen MR) is 97.5 cm³/mol. The summed E-state index contributed by atoms with van der Waals surface area (Å²) in [5.74, 6) is 0.776. The fraction of sp³-hybridized carbons (Fsp3) is 0.300. The van der Waals surface area contributed by atoms with Crippen molar-refractivity contribution in [3.05, 3.63) is 54.2 Å². The first kappa shape index (κ1) is 15.8. The molecule has 0 unspecified atom stereocenters. The molecule has 3 aromatic rings. The number of imidazole rings is 1. The van der Waals surface area contributed by atoms with Crippen LogP contribution in [0.4, 0.5) is 5.82 Å². The molecule has 1 N–H and O–H groups in total. The number of carbonyl (C=O) groups excluding carboxylic acids is 1. The molecule has 1 aliphatic heterocycles. The average molecular weight is 335 g/mol. The van der Waals surface area contributed by atoms with E-state index in [0.717, 1.165) is 41.1 Å². The number of pyridine rings is 1. The molecular weight excluding hydrogens is 314 g/mol. The van der Waals surface area contributed by atoms with Gasteiger partial charge in [-0.3, -0.25) is 9.20 Å². The van der Waals surface area contributed by atoms with Crippen molar-refractivity contribution in [2.75, 3.05) is 18.5 Å². The number of hydrogen-bond donors (Lipinski definition) is 1. The SMILES string of the molecule is Cc1ccc2nc(-c3ccccc3)c(NC(=O)C3CCOCC3)n2c1. The second-order valence-corrected chi connectivity index (χ2v) is 6.49. The minimum atomic E-state index is -0.00673. The Hall–Kier alpha value is -2.66. The van der Waals surface area contributed by atoms with Crippen LogP contribution in [-0.2, 0) is 9.53 Å². The first-order valence-corrected chi connectivity index (χ1v) is 8.65. The van der Waals surface area contributed by atoms with Crippen molar-refractivity contribution >= 4 is 17.4 Å². The monoisotopic (exact) mass is 335 g/mol. The highest BCUT2D eigenvalue weighted by Gasteiger charge is 2.24. The van der Waals surface area contributed by atoms with Crippen LogP contribution in [-0.4, -0.2) is 28.5 Å². The number of hydrogen-bond acceptors (Lipinski definition) is 3. The van der Waals surface area contributed by atoms with Crippen LogP contribution in [0, 0.1) is 12.8 Å². The lowest BCUT2D eigenvalue weighted by Gasteiger charge is -2.21. The van der Waals surface area contributed by atoms with E-state index in [-0.39, 0.29) is 11.8 Å². The third kappa shape index (κ3) is 3.15. The number of amides is 1. The van der Waals surface area contributed by atoms with Crippen LogP contribution in [0.25, 0.3) is 16.9 Å². The number of nitrogens with zero attached hydrogens (tertiary/aromatic N) is 2. The maximum Gasteiger partial charge on any atom is 0.228 e. The number of rotatable bonds is 3. The van der Waals surface area contributed by atoms with Gasteiger partial charge in [-0.1, -0.05) is 36.4 Å². The molecule has 4 rings (SSSR count). The summed E-state index contributed by atoms with van der Waals surface area (Å²) in [7, 11) is 0. The Labute approximate surface area is 146 Å². The minimum absolute atomic E-state index is 0.00673. The number of aromatic nitrogens is 2. The summed E-state index contributed by atoms with van der Waals surface area (Å²) in [6, 6.07) is 14.0. The summed E-state index contributed by atoms with van der Waals surface area (Å²) in [5, 5.41) is 3.13. The maximum absolute atomic E-state index is 12.8. The summed E-state index contributed by atoms with van der Waals surface area (Å²) in [5.41, 5.74) is 3.73. The molecule has 128 valence electrons. The molecule has 1 aromatic carbocycles. The van der Waals surface area contributed by atoms with Crippen LogP contribution in [0.3, 0.4) is 0 Å². The van der Waals surface area contributed by atoms with Gasteiger partial charge in [-0.15, -0.1) is 0 Å². The quantitative estimate of drug-likeness (QED) is 0.794. The number of carbonyl (C=O) groups is 1. The Kier molecular flexibility index (Phi) is 4.24.